The minimum Gasteiger partial charge on any atom is -0.495 e. The van der Waals surface area contributed by atoms with Crippen LogP contribution < -0.4 is 15.8 Å². The lowest BCUT2D eigenvalue weighted by Gasteiger charge is -2.14. The summed E-state index contributed by atoms with van der Waals surface area (Å²) in [4.78, 5) is 0. The average Bonchev–Trinajstić information content (AvgIpc) is 2.35. The number of hydrogen-bond donors (Lipinski definition) is 3. The third-order valence-corrected chi connectivity index (χ3v) is 2.33. The van der Waals surface area contributed by atoms with Gasteiger partial charge in [-0.15, -0.1) is 0 Å². The van der Waals surface area contributed by atoms with Gasteiger partial charge in [-0.25, -0.2) is 0 Å². The van der Waals surface area contributed by atoms with Crippen molar-refractivity contribution >= 4 is 11.5 Å². The smallest absolute Gasteiger partial charge is 0.143 e. The van der Waals surface area contributed by atoms with Crippen LogP contribution in [-0.2, 0) is 0 Å². The van der Waals surface area contributed by atoms with E-state index in [1.54, 1.807) is 7.11 Å². The molecule has 1 aromatic carbocycles. The number of nitrogens with one attached hydrogen (secondary N) is 1. The van der Waals surface area contributed by atoms with Crippen LogP contribution in [0.3, 0.4) is 0 Å². The van der Waals surface area contributed by atoms with Gasteiger partial charge in [-0.3, -0.25) is 0 Å². The van der Waals surface area contributed by atoms with Crippen LogP contribution in [0.5, 0.6) is 5.75 Å². The summed E-state index contributed by atoms with van der Waals surface area (Å²) >= 11 is 0. The van der Waals surface area contributed by atoms with Crippen molar-refractivity contribution in [1.29, 1.82) is 0 Å². The number of rotatable bonds is 5. The molecule has 0 aliphatic rings. The second-order valence-corrected chi connectivity index (χ2v) is 3.51. The average molecular weight is 223 g/mol. The van der Waals surface area contributed by atoms with Gasteiger partial charge < -0.3 is 21.0 Å². The summed E-state index contributed by atoms with van der Waals surface area (Å²) in [6, 6.07) is 7.60. The van der Waals surface area contributed by atoms with Crippen molar-refractivity contribution in [3.63, 3.8) is 0 Å². The number of benzene rings is 1. The fourth-order valence-corrected chi connectivity index (χ4v) is 1.26. The number of methoxy groups -OCH3 is 1. The van der Waals surface area contributed by atoms with Gasteiger partial charge in [-0.1, -0.05) is 24.2 Å². The van der Waals surface area contributed by atoms with Gasteiger partial charge in [0.1, 0.15) is 11.6 Å². The van der Waals surface area contributed by atoms with E-state index in [-0.39, 0.29) is 11.8 Å². The lowest BCUT2D eigenvalue weighted by atomic mass is 10.1. The van der Waals surface area contributed by atoms with Crippen LogP contribution in [0.1, 0.15) is 6.92 Å². The van der Waals surface area contributed by atoms with Crippen LogP contribution in [0.25, 0.3) is 0 Å². The van der Waals surface area contributed by atoms with E-state index in [9.17, 15) is 0 Å². The van der Waals surface area contributed by atoms with Crippen molar-refractivity contribution in [1.82, 2.24) is 0 Å². The highest BCUT2D eigenvalue weighted by atomic mass is 16.5. The second-order valence-electron chi connectivity index (χ2n) is 3.51. The summed E-state index contributed by atoms with van der Waals surface area (Å²) in [6.45, 7) is 2.45. The molecule has 0 heterocycles. The van der Waals surface area contributed by atoms with Crippen molar-refractivity contribution in [2.45, 2.75) is 6.92 Å². The Morgan fingerprint density at radius 3 is 2.88 bits per heavy atom. The molecule has 0 aromatic heterocycles. The van der Waals surface area contributed by atoms with Gasteiger partial charge in [0.05, 0.1) is 12.8 Å². The van der Waals surface area contributed by atoms with E-state index in [0.717, 1.165) is 11.4 Å². The summed E-state index contributed by atoms with van der Waals surface area (Å²) in [6.07, 6.45) is 0. The van der Waals surface area contributed by atoms with Gasteiger partial charge in [-0.2, -0.15) is 0 Å². The molecule has 0 saturated carbocycles. The first-order valence-corrected chi connectivity index (χ1v) is 5.03. The van der Waals surface area contributed by atoms with E-state index in [1.807, 2.05) is 31.2 Å². The predicted molar refractivity (Wildman–Crippen MR) is 64.1 cm³/mol. The molecular weight excluding hydrogens is 206 g/mol. The highest BCUT2D eigenvalue weighted by Crippen LogP contribution is 2.23. The highest BCUT2D eigenvalue weighted by Gasteiger charge is 2.08. The van der Waals surface area contributed by atoms with Gasteiger partial charge in [0.2, 0.25) is 0 Å². The Hall–Kier alpha value is -1.91. The monoisotopic (exact) mass is 223 g/mol. The Balaban J connectivity index is 2.61. The number of hydrogen-bond acceptors (Lipinski definition) is 4. The zero-order valence-electron chi connectivity index (χ0n) is 9.47. The predicted octanol–water partition coefficient (Wildman–Crippen LogP) is 1.49. The molecule has 88 valence electrons. The Morgan fingerprint density at radius 1 is 1.56 bits per heavy atom. The van der Waals surface area contributed by atoms with E-state index in [4.69, 9.17) is 15.7 Å². The lowest BCUT2D eigenvalue weighted by Crippen LogP contribution is -2.27. The highest BCUT2D eigenvalue weighted by molar-refractivity contribution is 5.82. The van der Waals surface area contributed by atoms with Crippen LogP contribution in [-0.4, -0.2) is 24.7 Å². The molecule has 1 unspecified atom stereocenters. The summed E-state index contributed by atoms with van der Waals surface area (Å²) in [5, 5.41) is 14.7. The zero-order valence-corrected chi connectivity index (χ0v) is 9.47. The molecule has 5 nitrogen and oxygen atoms in total. The largest absolute Gasteiger partial charge is 0.495 e. The molecule has 5 heteroatoms. The number of oxime groups is 1. The maximum absolute atomic E-state index is 8.51. The Kier molecular flexibility index (Phi) is 4.44. The SMILES string of the molecule is COc1ccccc1NCC(C)C(N)=NO. The molecule has 4 N–H and O–H groups in total. The Morgan fingerprint density at radius 2 is 2.25 bits per heavy atom. The third kappa shape index (κ3) is 3.05. The molecule has 1 rings (SSSR count). The molecule has 0 spiro atoms. The molecule has 1 atom stereocenters. The third-order valence-electron chi connectivity index (χ3n) is 2.33. The zero-order chi connectivity index (χ0) is 12.0. The van der Waals surface area contributed by atoms with Gasteiger partial charge in [0.25, 0.3) is 0 Å². The number of ether oxygens (including phenoxy) is 1. The molecule has 0 amide bonds. The van der Waals surface area contributed by atoms with Crippen LogP contribution >= 0.6 is 0 Å². The van der Waals surface area contributed by atoms with Gasteiger partial charge in [0, 0.05) is 12.5 Å². The fraction of sp³-hybridized carbons (Fsp3) is 0.364. The first kappa shape index (κ1) is 12.2. The van der Waals surface area contributed by atoms with Crippen molar-refractivity contribution < 1.29 is 9.94 Å². The standard InChI is InChI=1S/C11H17N3O2/c1-8(11(12)14-15)7-13-9-5-3-4-6-10(9)16-2/h3-6,8,13,15H,7H2,1-2H3,(H2,12,14). The van der Waals surface area contributed by atoms with Crippen molar-refractivity contribution in [2.75, 3.05) is 19.0 Å². The maximum Gasteiger partial charge on any atom is 0.143 e. The first-order chi connectivity index (χ1) is 7.69. The molecule has 0 fully saturated rings. The molecule has 0 aliphatic carbocycles. The second kappa shape index (κ2) is 5.85. The first-order valence-electron chi connectivity index (χ1n) is 5.03. The van der Waals surface area contributed by atoms with Crippen LogP contribution in [0, 0.1) is 5.92 Å². The van der Waals surface area contributed by atoms with E-state index in [2.05, 4.69) is 10.5 Å². The van der Waals surface area contributed by atoms with E-state index < -0.39 is 0 Å². The minimum atomic E-state index is -0.0464. The van der Waals surface area contributed by atoms with Crippen molar-refractivity contribution in [3.05, 3.63) is 24.3 Å². The maximum atomic E-state index is 8.51. The summed E-state index contributed by atoms with van der Waals surface area (Å²) in [5.41, 5.74) is 6.37. The molecule has 16 heavy (non-hydrogen) atoms. The van der Waals surface area contributed by atoms with E-state index >= 15 is 0 Å². The number of anilines is 1. The molecule has 1 aromatic rings. The number of para-hydroxylation sites is 2. The molecule has 0 saturated heterocycles. The minimum absolute atomic E-state index is 0.0464. The summed E-state index contributed by atoms with van der Waals surface area (Å²) < 4.78 is 5.19. The summed E-state index contributed by atoms with van der Waals surface area (Å²) in [7, 11) is 1.62. The van der Waals surface area contributed by atoms with E-state index in [0.29, 0.717) is 6.54 Å². The summed E-state index contributed by atoms with van der Waals surface area (Å²) in [5.74, 6) is 0.937. The normalized spacial score (nSPS) is 13.2. The van der Waals surface area contributed by atoms with Gasteiger partial charge in [0.15, 0.2) is 0 Å². The van der Waals surface area contributed by atoms with Gasteiger partial charge >= 0.3 is 0 Å². The number of nitrogens with zero attached hydrogens (tertiary/aromatic N) is 1. The topological polar surface area (TPSA) is 79.9 Å². The Labute approximate surface area is 94.9 Å². The van der Waals surface area contributed by atoms with Crippen molar-refractivity contribution in [2.24, 2.45) is 16.8 Å². The number of nitrogens with two attached hydrogens (primary N) is 1. The van der Waals surface area contributed by atoms with Crippen LogP contribution in [0.15, 0.2) is 29.4 Å². The molecule has 0 aliphatic heterocycles. The molecule has 0 radical (unpaired) electrons. The lowest BCUT2D eigenvalue weighted by molar-refractivity contribution is 0.315. The van der Waals surface area contributed by atoms with Crippen LogP contribution in [0.4, 0.5) is 5.69 Å². The van der Waals surface area contributed by atoms with Crippen molar-refractivity contribution in [3.8, 4) is 5.75 Å². The molecule has 0 bridgehead atoms. The van der Waals surface area contributed by atoms with E-state index in [1.165, 1.54) is 0 Å². The number of amidine groups is 1. The molecular formula is C11H17N3O2. The fourth-order valence-electron chi connectivity index (χ4n) is 1.26. The van der Waals surface area contributed by atoms with Gasteiger partial charge in [-0.05, 0) is 12.1 Å². The van der Waals surface area contributed by atoms with Crippen LogP contribution in [0.2, 0.25) is 0 Å². The quantitative estimate of drug-likeness (QED) is 0.306. The Bertz CT molecular complexity index is 366.